The molecular weight excluding hydrogens is 252 g/mol. The van der Waals surface area contributed by atoms with Gasteiger partial charge in [-0.25, -0.2) is 4.98 Å². The first-order chi connectivity index (χ1) is 9.88. The maximum Gasteiger partial charge on any atom is 0.209 e. The Bertz CT molecular complexity index is 551. The Balaban J connectivity index is 1.37. The van der Waals surface area contributed by atoms with E-state index in [-0.39, 0.29) is 0 Å². The summed E-state index contributed by atoms with van der Waals surface area (Å²) >= 11 is 0. The fraction of sp³-hybridized carbons (Fsp3) is 0.533. The van der Waals surface area contributed by atoms with Gasteiger partial charge in [0.25, 0.3) is 0 Å². The lowest BCUT2D eigenvalue weighted by molar-refractivity contribution is 0.0660. The number of fused-ring (bicyclic) bond motifs is 1. The van der Waals surface area contributed by atoms with Gasteiger partial charge in [-0.15, -0.1) is 0 Å². The molecule has 2 fully saturated rings. The third-order valence-electron chi connectivity index (χ3n) is 4.38. The summed E-state index contributed by atoms with van der Waals surface area (Å²) in [6.07, 6.45) is 0. The first kappa shape index (κ1) is 12.3. The van der Waals surface area contributed by atoms with Crippen LogP contribution in [-0.4, -0.2) is 60.1 Å². The fourth-order valence-corrected chi connectivity index (χ4v) is 3.00. The molecule has 20 heavy (non-hydrogen) atoms. The molecule has 5 nitrogen and oxygen atoms in total. The van der Waals surface area contributed by atoms with E-state index in [4.69, 9.17) is 4.42 Å². The highest BCUT2D eigenvalue weighted by Crippen LogP contribution is 2.17. The molecule has 2 aliphatic rings. The number of nitrogens with one attached hydrogen (secondary N) is 1. The van der Waals surface area contributed by atoms with E-state index in [0.717, 1.165) is 68.8 Å². The van der Waals surface area contributed by atoms with Crippen LogP contribution in [0.25, 0.3) is 11.1 Å². The van der Waals surface area contributed by atoms with Gasteiger partial charge in [0.2, 0.25) is 5.89 Å². The van der Waals surface area contributed by atoms with Crippen molar-refractivity contribution in [1.29, 1.82) is 0 Å². The maximum atomic E-state index is 5.80. The van der Waals surface area contributed by atoms with Gasteiger partial charge < -0.3 is 9.73 Å². The fourth-order valence-electron chi connectivity index (χ4n) is 3.00. The molecule has 0 aliphatic carbocycles. The lowest BCUT2D eigenvalue weighted by Gasteiger charge is -2.43. The normalized spacial score (nSPS) is 22.2. The van der Waals surface area contributed by atoms with Crippen LogP contribution < -0.4 is 5.32 Å². The molecule has 0 saturated carbocycles. The van der Waals surface area contributed by atoms with Crippen molar-refractivity contribution in [3.8, 4) is 0 Å². The number of rotatable bonds is 3. The SMILES string of the molecule is c1ccc2oc(CN3CCN(C4CNC4)CC3)nc2c1. The van der Waals surface area contributed by atoms with Crippen LogP contribution in [-0.2, 0) is 6.54 Å². The van der Waals surface area contributed by atoms with Crippen LogP contribution in [0.4, 0.5) is 0 Å². The Kier molecular flexibility index (Phi) is 3.18. The molecule has 3 heterocycles. The van der Waals surface area contributed by atoms with Crippen molar-refractivity contribution in [1.82, 2.24) is 20.1 Å². The van der Waals surface area contributed by atoms with Gasteiger partial charge in [-0.05, 0) is 12.1 Å². The van der Waals surface area contributed by atoms with Gasteiger partial charge in [0, 0.05) is 45.3 Å². The molecule has 1 aromatic carbocycles. The van der Waals surface area contributed by atoms with Crippen molar-refractivity contribution in [3.63, 3.8) is 0 Å². The largest absolute Gasteiger partial charge is 0.439 e. The second kappa shape index (κ2) is 5.16. The molecule has 2 saturated heterocycles. The van der Waals surface area contributed by atoms with Crippen LogP contribution in [0.5, 0.6) is 0 Å². The molecule has 0 spiro atoms. The molecule has 2 aromatic rings. The third kappa shape index (κ3) is 2.32. The molecule has 2 aliphatic heterocycles. The quantitative estimate of drug-likeness (QED) is 0.900. The minimum absolute atomic E-state index is 0.765. The highest BCUT2D eigenvalue weighted by atomic mass is 16.3. The molecule has 1 N–H and O–H groups in total. The summed E-state index contributed by atoms with van der Waals surface area (Å²) in [6.45, 7) is 7.67. The summed E-state index contributed by atoms with van der Waals surface area (Å²) in [5.74, 6) is 0.838. The summed E-state index contributed by atoms with van der Waals surface area (Å²) in [5.41, 5.74) is 1.85. The van der Waals surface area contributed by atoms with Gasteiger partial charge >= 0.3 is 0 Å². The smallest absolute Gasteiger partial charge is 0.209 e. The Morgan fingerprint density at radius 2 is 1.95 bits per heavy atom. The van der Waals surface area contributed by atoms with Crippen LogP contribution in [0.1, 0.15) is 5.89 Å². The summed E-state index contributed by atoms with van der Waals surface area (Å²) in [4.78, 5) is 9.59. The van der Waals surface area contributed by atoms with E-state index >= 15 is 0 Å². The zero-order chi connectivity index (χ0) is 13.4. The number of hydrogen-bond acceptors (Lipinski definition) is 5. The van der Waals surface area contributed by atoms with Gasteiger partial charge in [-0.2, -0.15) is 0 Å². The number of aromatic nitrogens is 1. The first-order valence-electron chi connectivity index (χ1n) is 7.40. The monoisotopic (exact) mass is 272 g/mol. The second-order valence-electron chi connectivity index (χ2n) is 5.70. The van der Waals surface area contributed by atoms with Gasteiger partial charge in [0.1, 0.15) is 5.52 Å². The Morgan fingerprint density at radius 1 is 1.15 bits per heavy atom. The average Bonchev–Trinajstić information content (AvgIpc) is 2.81. The summed E-state index contributed by atoms with van der Waals surface area (Å²) in [6, 6.07) is 8.74. The number of benzene rings is 1. The van der Waals surface area contributed by atoms with Crippen molar-refractivity contribution in [2.75, 3.05) is 39.3 Å². The summed E-state index contributed by atoms with van der Waals surface area (Å²) in [7, 11) is 0. The number of oxazole rings is 1. The maximum absolute atomic E-state index is 5.80. The Labute approximate surface area is 118 Å². The van der Waals surface area contributed by atoms with Crippen molar-refractivity contribution >= 4 is 11.1 Å². The number of para-hydroxylation sites is 2. The first-order valence-corrected chi connectivity index (χ1v) is 7.40. The Morgan fingerprint density at radius 3 is 2.65 bits per heavy atom. The number of nitrogens with zero attached hydrogens (tertiary/aromatic N) is 3. The van der Waals surface area contributed by atoms with Crippen LogP contribution in [0, 0.1) is 0 Å². The van der Waals surface area contributed by atoms with Gasteiger partial charge in [0.15, 0.2) is 5.58 Å². The van der Waals surface area contributed by atoms with Crippen LogP contribution >= 0.6 is 0 Å². The predicted octanol–water partition coefficient (Wildman–Crippen LogP) is 0.917. The standard InChI is InChI=1S/C15H20N4O/c1-2-4-14-13(3-1)17-15(20-14)11-18-5-7-19(8-6-18)12-9-16-10-12/h1-4,12,16H,5-11H2. The van der Waals surface area contributed by atoms with E-state index in [1.165, 1.54) is 0 Å². The minimum Gasteiger partial charge on any atom is -0.439 e. The number of piperazine rings is 1. The molecule has 0 unspecified atom stereocenters. The molecule has 0 amide bonds. The van der Waals surface area contributed by atoms with Crippen molar-refractivity contribution in [3.05, 3.63) is 30.2 Å². The Hall–Kier alpha value is -1.43. The predicted molar refractivity (Wildman–Crippen MR) is 77.5 cm³/mol. The molecule has 1 aromatic heterocycles. The van der Waals surface area contributed by atoms with E-state index in [9.17, 15) is 0 Å². The minimum atomic E-state index is 0.765. The van der Waals surface area contributed by atoms with Gasteiger partial charge in [0.05, 0.1) is 6.54 Å². The zero-order valence-corrected chi connectivity index (χ0v) is 11.6. The van der Waals surface area contributed by atoms with E-state index in [1.807, 2.05) is 24.3 Å². The van der Waals surface area contributed by atoms with Gasteiger partial charge in [-0.3, -0.25) is 9.80 Å². The van der Waals surface area contributed by atoms with E-state index < -0.39 is 0 Å². The molecule has 0 atom stereocenters. The van der Waals surface area contributed by atoms with Crippen LogP contribution in [0.2, 0.25) is 0 Å². The van der Waals surface area contributed by atoms with Crippen molar-refractivity contribution in [2.24, 2.45) is 0 Å². The lowest BCUT2D eigenvalue weighted by Crippen LogP contribution is -2.61. The zero-order valence-electron chi connectivity index (χ0n) is 11.6. The van der Waals surface area contributed by atoms with E-state index in [2.05, 4.69) is 20.1 Å². The number of hydrogen-bond donors (Lipinski definition) is 1. The molecule has 0 radical (unpaired) electrons. The topological polar surface area (TPSA) is 44.5 Å². The molecular formula is C15H20N4O. The summed E-state index contributed by atoms with van der Waals surface area (Å²) in [5, 5.41) is 3.34. The van der Waals surface area contributed by atoms with Gasteiger partial charge in [-0.1, -0.05) is 12.1 Å². The average molecular weight is 272 g/mol. The van der Waals surface area contributed by atoms with Crippen LogP contribution in [0.15, 0.2) is 28.7 Å². The molecule has 4 rings (SSSR count). The highest BCUT2D eigenvalue weighted by molar-refractivity contribution is 5.72. The second-order valence-corrected chi connectivity index (χ2v) is 5.70. The third-order valence-corrected chi connectivity index (χ3v) is 4.38. The highest BCUT2D eigenvalue weighted by Gasteiger charge is 2.27. The molecule has 0 bridgehead atoms. The van der Waals surface area contributed by atoms with Crippen LogP contribution in [0.3, 0.4) is 0 Å². The van der Waals surface area contributed by atoms with E-state index in [0.29, 0.717) is 0 Å². The van der Waals surface area contributed by atoms with Crippen molar-refractivity contribution in [2.45, 2.75) is 12.6 Å². The van der Waals surface area contributed by atoms with E-state index in [1.54, 1.807) is 0 Å². The lowest BCUT2D eigenvalue weighted by atomic mass is 10.1. The van der Waals surface area contributed by atoms with Crippen molar-refractivity contribution < 1.29 is 4.42 Å². The summed E-state index contributed by atoms with van der Waals surface area (Å²) < 4.78 is 5.80. The molecule has 5 heteroatoms. The molecule has 106 valence electrons.